The van der Waals surface area contributed by atoms with Gasteiger partial charge < -0.3 is 5.32 Å². The number of nitro benzene ring substituents is 1. The Kier molecular flexibility index (Phi) is 4.78. The second kappa shape index (κ2) is 6.76. The van der Waals surface area contributed by atoms with Crippen molar-refractivity contribution in [1.82, 2.24) is 4.98 Å². The minimum atomic E-state index is -0.473. The molecule has 6 nitrogen and oxygen atoms in total. The van der Waals surface area contributed by atoms with E-state index < -0.39 is 4.92 Å². The molecule has 0 unspecified atom stereocenters. The van der Waals surface area contributed by atoms with Gasteiger partial charge in [0, 0.05) is 28.9 Å². The van der Waals surface area contributed by atoms with Crippen LogP contribution in [0.3, 0.4) is 0 Å². The molecule has 1 amide bonds. The zero-order valence-corrected chi connectivity index (χ0v) is 12.3. The molecule has 21 heavy (non-hydrogen) atoms. The van der Waals surface area contributed by atoms with Gasteiger partial charge in [0.25, 0.3) is 5.69 Å². The number of nitro groups is 1. The van der Waals surface area contributed by atoms with Crippen LogP contribution in [-0.4, -0.2) is 15.8 Å². The second-order valence-electron chi connectivity index (χ2n) is 4.03. The summed E-state index contributed by atoms with van der Waals surface area (Å²) in [6.45, 7) is 0. The normalized spacial score (nSPS) is 10.5. The van der Waals surface area contributed by atoms with Crippen LogP contribution in [0, 0.1) is 10.1 Å². The number of nitrogens with one attached hydrogen (secondary N) is 1. The van der Waals surface area contributed by atoms with Crippen molar-refractivity contribution in [3.05, 3.63) is 68.8 Å². The Bertz CT molecular complexity index is 682. The lowest BCUT2D eigenvalue weighted by molar-refractivity contribution is -0.384. The maximum absolute atomic E-state index is 11.7. The van der Waals surface area contributed by atoms with Gasteiger partial charge in [-0.3, -0.25) is 14.9 Å². The average molecular weight is 348 g/mol. The fraction of sp³-hybridized carbons (Fsp3) is 0. The Balaban J connectivity index is 1.98. The molecule has 106 valence electrons. The smallest absolute Gasteiger partial charge is 0.269 e. The minimum Gasteiger partial charge on any atom is -0.307 e. The molecule has 1 heterocycles. The molecular weight excluding hydrogens is 338 g/mol. The first kappa shape index (κ1) is 14.9. The molecule has 0 spiro atoms. The molecule has 0 aliphatic rings. The van der Waals surface area contributed by atoms with E-state index in [0.717, 1.165) is 4.47 Å². The van der Waals surface area contributed by atoms with Crippen molar-refractivity contribution >= 4 is 39.4 Å². The third-order valence-electron chi connectivity index (χ3n) is 2.51. The summed E-state index contributed by atoms with van der Waals surface area (Å²) in [7, 11) is 0. The van der Waals surface area contributed by atoms with Crippen LogP contribution in [0.15, 0.2) is 53.1 Å². The van der Waals surface area contributed by atoms with Crippen molar-refractivity contribution in [2.24, 2.45) is 0 Å². The van der Waals surface area contributed by atoms with Crippen molar-refractivity contribution in [3.63, 3.8) is 0 Å². The van der Waals surface area contributed by atoms with Crippen LogP contribution in [0.5, 0.6) is 0 Å². The van der Waals surface area contributed by atoms with Gasteiger partial charge in [-0.1, -0.05) is 0 Å². The topological polar surface area (TPSA) is 85.1 Å². The van der Waals surface area contributed by atoms with Crippen LogP contribution in [-0.2, 0) is 4.79 Å². The summed E-state index contributed by atoms with van der Waals surface area (Å²) in [5, 5.41) is 13.1. The standard InChI is InChI=1S/C14H10BrN3O3/c15-11-4-7-13(16-9-11)17-14(19)8-3-10-1-5-12(6-2-10)18(20)21/h1-9H,(H,16,17,19). The fourth-order valence-corrected chi connectivity index (χ4v) is 1.73. The van der Waals surface area contributed by atoms with Gasteiger partial charge in [0.05, 0.1) is 4.92 Å². The molecule has 0 aliphatic carbocycles. The lowest BCUT2D eigenvalue weighted by atomic mass is 10.2. The maximum atomic E-state index is 11.7. The van der Waals surface area contributed by atoms with Gasteiger partial charge in [0.1, 0.15) is 5.82 Å². The van der Waals surface area contributed by atoms with E-state index >= 15 is 0 Å². The number of aromatic nitrogens is 1. The first-order valence-corrected chi connectivity index (χ1v) is 6.69. The predicted molar refractivity (Wildman–Crippen MR) is 82.7 cm³/mol. The van der Waals surface area contributed by atoms with E-state index in [1.807, 2.05) is 0 Å². The van der Waals surface area contributed by atoms with Gasteiger partial charge in [-0.2, -0.15) is 0 Å². The third-order valence-corrected chi connectivity index (χ3v) is 2.98. The number of halogens is 1. The number of anilines is 1. The predicted octanol–water partition coefficient (Wildman–Crippen LogP) is 3.40. The summed E-state index contributed by atoms with van der Waals surface area (Å²) in [6.07, 6.45) is 4.48. The summed E-state index contributed by atoms with van der Waals surface area (Å²) >= 11 is 3.25. The van der Waals surface area contributed by atoms with Crippen molar-refractivity contribution in [2.75, 3.05) is 5.32 Å². The van der Waals surface area contributed by atoms with E-state index in [-0.39, 0.29) is 11.6 Å². The number of carbonyl (C=O) groups excluding carboxylic acids is 1. The molecule has 1 aromatic heterocycles. The molecule has 7 heteroatoms. The van der Waals surface area contributed by atoms with Crippen molar-refractivity contribution in [3.8, 4) is 0 Å². The van der Waals surface area contributed by atoms with Crippen molar-refractivity contribution in [2.45, 2.75) is 0 Å². The first-order chi connectivity index (χ1) is 10.0. The molecule has 0 saturated heterocycles. The summed E-state index contributed by atoms with van der Waals surface area (Å²) in [6, 6.07) is 9.34. The Labute approximate surface area is 128 Å². The van der Waals surface area contributed by atoms with E-state index in [0.29, 0.717) is 11.4 Å². The molecule has 0 fully saturated rings. The Morgan fingerprint density at radius 3 is 2.52 bits per heavy atom. The van der Waals surface area contributed by atoms with Gasteiger partial charge >= 0.3 is 0 Å². The van der Waals surface area contributed by atoms with E-state index in [1.54, 1.807) is 36.5 Å². The number of hydrogen-bond donors (Lipinski definition) is 1. The molecule has 2 aromatic rings. The molecule has 0 atom stereocenters. The van der Waals surface area contributed by atoms with Gasteiger partial charge in [-0.15, -0.1) is 0 Å². The summed E-state index contributed by atoms with van der Waals surface area (Å²) < 4.78 is 0.821. The summed E-state index contributed by atoms with van der Waals surface area (Å²) in [5.74, 6) is 0.111. The largest absolute Gasteiger partial charge is 0.307 e. The molecule has 2 rings (SSSR count). The minimum absolute atomic E-state index is 0.00987. The molecular formula is C14H10BrN3O3. The number of nitrogens with zero attached hydrogens (tertiary/aromatic N) is 2. The zero-order chi connectivity index (χ0) is 15.2. The Morgan fingerprint density at radius 1 is 1.24 bits per heavy atom. The lowest BCUT2D eigenvalue weighted by Gasteiger charge is -2.00. The fourth-order valence-electron chi connectivity index (χ4n) is 1.50. The quantitative estimate of drug-likeness (QED) is 0.521. The number of pyridine rings is 1. The van der Waals surface area contributed by atoms with Gasteiger partial charge in [0.15, 0.2) is 0 Å². The molecule has 0 aliphatic heterocycles. The molecule has 0 saturated carbocycles. The van der Waals surface area contributed by atoms with Crippen LogP contribution in [0.25, 0.3) is 6.08 Å². The highest BCUT2D eigenvalue weighted by Gasteiger charge is 2.03. The van der Waals surface area contributed by atoms with Gasteiger partial charge in [-0.05, 0) is 51.8 Å². The van der Waals surface area contributed by atoms with Gasteiger partial charge in [0.2, 0.25) is 5.91 Å². The lowest BCUT2D eigenvalue weighted by Crippen LogP contribution is -2.08. The van der Waals surface area contributed by atoms with Crippen molar-refractivity contribution < 1.29 is 9.72 Å². The zero-order valence-electron chi connectivity index (χ0n) is 10.7. The van der Waals surface area contributed by atoms with Crippen LogP contribution >= 0.6 is 15.9 Å². The van der Waals surface area contributed by atoms with E-state index in [2.05, 4.69) is 26.2 Å². The molecule has 0 bridgehead atoms. The highest BCUT2D eigenvalue weighted by molar-refractivity contribution is 9.10. The monoisotopic (exact) mass is 347 g/mol. The molecule has 1 N–H and O–H groups in total. The van der Waals surface area contributed by atoms with E-state index in [4.69, 9.17) is 0 Å². The van der Waals surface area contributed by atoms with E-state index in [1.165, 1.54) is 18.2 Å². The van der Waals surface area contributed by atoms with E-state index in [9.17, 15) is 14.9 Å². The number of hydrogen-bond acceptors (Lipinski definition) is 4. The maximum Gasteiger partial charge on any atom is 0.269 e. The third kappa shape index (κ3) is 4.50. The average Bonchev–Trinajstić information content (AvgIpc) is 2.48. The number of non-ortho nitro benzene ring substituents is 1. The first-order valence-electron chi connectivity index (χ1n) is 5.90. The summed E-state index contributed by atoms with van der Waals surface area (Å²) in [4.78, 5) is 25.8. The number of amides is 1. The molecule has 1 aromatic carbocycles. The number of carbonyl (C=O) groups is 1. The highest BCUT2D eigenvalue weighted by Crippen LogP contribution is 2.13. The number of benzene rings is 1. The van der Waals surface area contributed by atoms with Crippen LogP contribution in [0.1, 0.15) is 5.56 Å². The van der Waals surface area contributed by atoms with Gasteiger partial charge in [-0.25, -0.2) is 4.98 Å². The van der Waals surface area contributed by atoms with Crippen LogP contribution in [0.2, 0.25) is 0 Å². The van der Waals surface area contributed by atoms with Crippen molar-refractivity contribution in [1.29, 1.82) is 0 Å². The SMILES string of the molecule is O=C(C=Cc1ccc([N+](=O)[O-])cc1)Nc1ccc(Br)cn1. The Hall–Kier alpha value is -2.54. The van der Waals surface area contributed by atoms with Crippen LogP contribution < -0.4 is 5.32 Å². The molecule has 0 radical (unpaired) electrons. The second-order valence-corrected chi connectivity index (χ2v) is 4.95. The number of rotatable bonds is 4. The Morgan fingerprint density at radius 2 is 1.95 bits per heavy atom. The van der Waals surface area contributed by atoms with Crippen LogP contribution in [0.4, 0.5) is 11.5 Å². The summed E-state index contributed by atoms with van der Waals surface area (Å²) in [5.41, 5.74) is 0.704. The highest BCUT2D eigenvalue weighted by atomic mass is 79.9.